The molecule has 0 radical (unpaired) electrons. The molecule has 8 heteroatoms. The third kappa shape index (κ3) is 5.41. The summed E-state index contributed by atoms with van der Waals surface area (Å²) in [6.45, 7) is 9.98. The van der Waals surface area contributed by atoms with Crippen LogP contribution in [0.5, 0.6) is 11.5 Å². The molecule has 8 nitrogen and oxygen atoms in total. The van der Waals surface area contributed by atoms with Crippen LogP contribution in [-0.2, 0) is 17.8 Å². The van der Waals surface area contributed by atoms with Crippen LogP contribution in [0.2, 0.25) is 0 Å². The maximum atomic E-state index is 6.01. The molecule has 29 heavy (non-hydrogen) atoms. The Morgan fingerprint density at radius 1 is 1.28 bits per heavy atom. The highest BCUT2D eigenvalue weighted by Gasteiger charge is 2.20. The molecule has 1 aromatic carbocycles. The van der Waals surface area contributed by atoms with E-state index in [1.54, 1.807) is 7.11 Å². The fraction of sp³-hybridized carbons (Fsp3) is 0.524. The first kappa shape index (κ1) is 21.0. The van der Waals surface area contributed by atoms with Gasteiger partial charge < -0.3 is 24.8 Å². The molecule has 2 aromatic rings. The van der Waals surface area contributed by atoms with Gasteiger partial charge in [0.15, 0.2) is 17.5 Å². The summed E-state index contributed by atoms with van der Waals surface area (Å²) in [5.41, 5.74) is 3.27. The van der Waals surface area contributed by atoms with Crippen LogP contribution in [0.3, 0.4) is 0 Å². The number of ether oxygens (including phenoxy) is 3. The highest BCUT2D eigenvalue weighted by atomic mass is 16.6. The number of aromatic nitrogens is 2. The normalized spacial score (nSPS) is 16.0. The molecule has 0 saturated carbocycles. The lowest BCUT2D eigenvalue weighted by molar-refractivity contribution is 0.0936. The molecule has 0 fully saturated rings. The van der Waals surface area contributed by atoms with Gasteiger partial charge in [-0.1, -0.05) is 12.1 Å². The van der Waals surface area contributed by atoms with E-state index in [0.717, 1.165) is 47.5 Å². The molecule has 1 aromatic heterocycles. The fourth-order valence-electron chi connectivity index (χ4n) is 3.23. The predicted octanol–water partition coefficient (Wildman–Crippen LogP) is 2.04. The van der Waals surface area contributed by atoms with E-state index < -0.39 is 0 Å². The van der Waals surface area contributed by atoms with E-state index in [1.165, 1.54) is 0 Å². The summed E-state index contributed by atoms with van der Waals surface area (Å²) < 4.78 is 18.9. The Labute approximate surface area is 172 Å². The zero-order chi connectivity index (χ0) is 20.6. The average Bonchev–Trinajstić information content (AvgIpc) is 3.01. The average molecular weight is 402 g/mol. The minimum absolute atomic E-state index is 0.0750. The highest BCUT2D eigenvalue weighted by molar-refractivity contribution is 5.79. The van der Waals surface area contributed by atoms with Gasteiger partial charge in [0.05, 0.1) is 31.9 Å². The number of aryl methyl sites for hydroxylation is 1. The van der Waals surface area contributed by atoms with Crippen LogP contribution in [0.1, 0.15) is 23.9 Å². The Balaban J connectivity index is 1.60. The van der Waals surface area contributed by atoms with Gasteiger partial charge in [0.25, 0.3) is 0 Å². The summed E-state index contributed by atoms with van der Waals surface area (Å²) in [6.07, 6.45) is -0.0750. The maximum Gasteiger partial charge on any atom is 0.191 e. The topological polar surface area (TPSA) is 81.9 Å². The van der Waals surface area contributed by atoms with Gasteiger partial charge in [0, 0.05) is 24.9 Å². The quantitative estimate of drug-likeness (QED) is 0.520. The highest BCUT2D eigenvalue weighted by Crippen LogP contribution is 2.30. The van der Waals surface area contributed by atoms with Gasteiger partial charge in [-0.25, -0.2) is 4.99 Å². The Morgan fingerprint density at radius 3 is 2.83 bits per heavy atom. The molecule has 0 saturated heterocycles. The van der Waals surface area contributed by atoms with Gasteiger partial charge in [-0.05, 0) is 32.9 Å². The molecular formula is C21H31N5O3. The summed E-state index contributed by atoms with van der Waals surface area (Å²) in [7, 11) is 1.70. The van der Waals surface area contributed by atoms with E-state index in [4.69, 9.17) is 19.2 Å². The van der Waals surface area contributed by atoms with Crippen LogP contribution in [0.25, 0.3) is 0 Å². The fourth-order valence-corrected chi connectivity index (χ4v) is 3.23. The standard InChI is InChI=1S/C21H31N5O3/c1-5-22-21(23-12-17-14-28-19-8-6-7-9-20(19)29-17)24-13-18-15(2)25-26(16(18)3)10-11-27-4/h6-9,17H,5,10-14H2,1-4H3,(H2,22,23,24). The monoisotopic (exact) mass is 401 g/mol. The molecule has 1 atom stereocenters. The molecule has 1 aliphatic heterocycles. The van der Waals surface area contributed by atoms with Crippen LogP contribution in [0.4, 0.5) is 0 Å². The molecule has 0 bridgehead atoms. The zero-order valence-corrected chi connectivity index (χ0v) is 17.7. The van der Waals surface area contributed by atoms with Crippen LogP contribution >= 0.6 is 0 Å². The number of aliphatic imine (C=N–C) groups is 1. The van der Waals surface area contributed by atoms with Gasteiger partial charge in [0.1, 0.15) is 12.7 Å². The molecule has 2 N–H and O–H groups in total. The Hall–Kier alpha value is -2.74. The van der Waals surface area contributed by atoms with E-state index in [-0.39, 0.29) is 6.10 Å². The summed E-state index contributed by atoms with van der Waals surface area (Å²) in [5.74, 6) is 2.32. The van der Waals surface area contributed by atoms with Crippen molar-refractivity contribution >= 4 is 5.96 Å². The first-order valence-corrected chi connectivity index (χ1v) is 10.0. The van der Waals surface area contributed by atoms with Crippen LogP contribution in [0, 0.1) is 13.8 Å². The first-order chi connectivity index (χ1) is 14.1. The van der Waals surface area contributed by atoms with Crippen molar-refractivity contribution < 1.29 is 14.2 Å². The van der Waals surface area contributed by atoms with Crippen LogP contribution in [-0.4, -0.2) is 55.3 Å². The lowest BCUT2D eigenvalue weighted by Crippen LogP contribution is -2.45. The van der Waals surface area contributed by atoms with Crippen molar-refractivity contribution in [3.8, 4) is 11.5 Å². The third-order valence-corrected chi connectivity index (χ3v) is 4.84. The van der Waals surface area contributed by atoms with Crippen molar-refractivity contribution in [2.75, 3.05) is 33.4 Å². The van der Waals surface area contributed by atoms with E-state index >= 15 is 0 Å². The minimum atomic E-state index is -0.0750. The summed E-state index contributed by atoms with van der Waals surface area (Å²) in [5, 5.41) is 11.2. The smallest absolute Gasteiger partial charge is 0.191 e. The SMILES string of the molecule is CCNC(=NCc1c(C)nn(CCOC)c1C)NCC1COc2ccccc2O1. The maximum absolute atomic E-state index is 6.01. The molecule has 2 heterocycles. The number of nitrogens with one attached hydrogen (secondary N) is 2. The molecule has 3 rings (SSSR count). The van der Waals surface area contributed by atoms with Gasteiger partial charge in [-0.3, -0.25) is 4.68 Å². The van der Waals surface area contributed by atoms with Crippen molar-refractivity contribution in [2.45, 2.75) is 40.0 Å². The number of benzene rings is 1. The first-order valence-electron chi connectivity index (χ1n) is 10.0. The number of nitrogens with zero attached hydrogens (tertiary/aromatic N) is 3. The van der Waals surface area contributed by atoms with Crippen LogP contribution < -0.4 is 20.1 Å². The molecule has 158 valence electrons. The zero-order valence-electron chi connectivity index (χ0n) is 17.7. The second-order valence-electron chi connectivity index (χ2n) is 6.94. The molecule has 0 aliphatic carbocycles. The lowest BCUT2D eigenvalue weighted by Gasteiger charge is -2.27. The number of fused-ring (bicyclic) bond motifs is 1. The number of para-hydroxylation sites is 2. The third-order valence-electron chi connectivity index (χ3n) is 4.84. The second-order valence-corrected chi connectivity index (χ2v) is 6.94. The van der Waals surface area contributed by atoms with Crippen molar-refractivity contribution in [2.24, 2.45) is 4.99 Å². The van der Waals surface area contributed by atoms with Gasteiger partial charge in [-0.15, -0.1) is 0 Å². The van der Waals surface area contributed by atoms with Crippen molar-refractivity contribution in [1.29, 1.82) is 0 Å². The number of hydrogen-bond acceptors (Lipinski definition) is 5. The van der Waals surface area contributed by atoms with Gasteiger partial charge >= 0.3 is 0 Å². The number of guanidine groups is 1. The summed E-state index contributed by atoms with van der Waals surface area (Å²) in [4.78, 5) is 4.74. The predicted molar refractivity (Wildman–Crippen MR) is 113 cm³/mol. The molecule has 1 unspecified atom stereocenters. The second kappa shape index (κ2) is 10.2. The van der Waals surface area contributed by atoms with Crippen molar-refractivity contribution in [1.82, 2.24) is 20.4 Å². The van der Waals surface area contributed by atoms with E-state index in [2.05, 4.69) is 22.7 Å². The van der Waals surface area contributed by atoms with Gasteiger partial charge in [0.2, 0.25) is 0 Å². The molecular weight excluding hydrogens is 370 g/mol. The Bertz CT molecular complexity index is 834. The largest absolute Gasteiger partial charge is 0.486 e. The number of hydrogen-bond donors (Lipinski definition) is 2. The van der Waals surface area contributed by atoms with Crippen molar-refractivity contribution in [3.05, 3.63) is 41.2 Å². The minimum Gasteiger partial charge on any atom is -0.486 e. The molecule has 1 aliphatic rings. The van der Waals surface area contributed by atoms with E-state index in [1.807, 2.05) is 42.8 Å². The van der Waals surface area contributed by atoms with E-state index in [0.29, 0.717) is 26.3 Å². The van der Waals surface area contributed by atoms with Crippen molar-refractivity contribution in [3.63, 3.8) is 0 Å². The van der Waals surface area contributed by atoms with Crippen LogP contribution in [0.15, 0.2) is 29.3 Å². The summed E-state index contributed by atoms with van der Waals surface area (Å²) >= 11 is 0. The number of rotatable bonds is 8. The Kier molecular flexibility index (Phi) is 7.35. The van der Waals surface area contributed by atoms with Gasteiger partial charge in [-0.2, -0.15) is 5.10 Å². The van der Waals surface area contributed by atoms with E-state index in [9.17, 15) is 0 Å². The molecule has 0 spiro atoms. The molecule has 0 amide bonds. The Morgan fingerprint density at radius 2 is 2.07 bits per heavy atom. The summed E-state index contributed by atoms with van der Waals surface area (Å²) in [6, 6.07) is 7.73. The lowest BCUT2D eigenvalue weighted by atomic mass is 10.2. The number of methoxy groups -OCH3 is 1.